The van der Waals surface area contributed by atoms with E-state index in [1.165, 1.54) is 19.1 Å². The SMILES string of the molecule is COC(=O)c1ccc(N)cc1S(=O)(=O)NCC(C)(O)CO. The highest BCUT2D eigenvalue weighted by atomic mass is 32.2. The fourth-order valence-electron chi connectivity index (χ4n) is 1.42. The fourth-order valence-corrected chi connectivity index (χ4v) is 2.81. The monoisotopic (exact) mass is 318 g/mol. The van der Waals surface area contributed by atoms with Gasteiger partial charge in [0.05, 0.1) is 29.8 Å². The van der Waals surface area contributed by atoms with Gasteiger partial charge in [-0.2, -0.15) is 0 Å². The van der Waals surface area contributed by atoms with Gasteiger partial charge in [0, 0.05) is 12.2 Å². The number of aliphatic hydroxyl groups excluding tert-OH is 1. The molecule has 1 aromatic carbocycles. The number of nitrogens with two attached hydrogens (primary N) is 1. The Kier molecular flexibility index (Phi) is 5.29. The maximum atomic E-state index is 12.2. The maximum Gasteiger partial charge on any atom is 0.339 e. The molecule has 1 rings (SSSR count). The second-order valence-electron chi connectivity index (χ2n) is 4.73. The second-order valence-corrected chi connectivity index (χ2v) is 6.46. The number of nitrogens with one attached hydrogen (secondary N) is 1. The summed E-state index contributed by atoms with van der Waals surface area (Å²) in [5, 5.41) is 18.5. The molecule has 21 heavy (non-hydrogen) atoms. The second kappa shape index (κ2) is 6.39. The number of ether oxygens (including phenoxy) is 1. The normalized spacial score (nSPS) is 14.5. The number of aliphatic hydroxyl groups is 2. The van der Waals surface area contributed by atoms with Gasteiger partial charge in [-0.05, 0) is 25.1 Å². The Morgan fingerprint density at radius 1 is 1.48 bits per heavy atom. The molecule has 0 aliphatic carbocycles. The van der Waals surface area contributed by atoms with Crippen LogP contribution in [0.1, 0.15) is 17.3 Å². The minimum absolute atomic E-state index is 0.150. The molecule has 9 heteroatoms. The molecule has 5 N–H and O–H groups in total. The van der Waals surface area contributed by atoms with E-state index in [-0.39, 0.29) is 16.1 Å². The number of anilines is 1. The first-order valence-corrected chi connectivity index (χ1v) is 7.42. The third-order valence-electron chi connectivity index (χ3n) is 2.68. The molecule has 0 saturated heterocycles. The molecule has 0 amide bonds. The Bertz CT molecular complexity index is 627. The summed E-state index contributed by atoms with van der Waals surface area (Å²) in [4.78, 5) is 11.2. The number of carbonyl (C=O) groups excluding carboxylic acids is 1. The van der Waals surface area contributed by atoms with Crippen LogP contribution in [0.3, 0.4) is 0 Å². The van der Waals surface area contributed by atoms with Crippen LogP contribution in [0.4, 0.5) is 5.69 Å². The van der Waals surface area contributed by atoms with Crippen molar-refractivity contribution >= 4 is 21.7 Å². The van der Waals surface area contributed by atoms with Crippen LogP contribution in [-0.2, 0) is 14.8 Å². The average Bonchev–Trinajstić information content (AvgIpc) is 2.44. The molecule has 1 atom stereocenters. The van der Waals surface area contributed by atoms with Crippen molar-refractivity contribution in [2.45, 2.75) is 17.4 Å². The number of hydrogen-bond donors (Lipinski definition) is 4. The lowest BCUT2D eigenvalue weighted by molar-refractivity contribution is 0.00681. The Morgan fingerprint density at radius 2 is 2.10 bits per heavy atom. The third kappa shape index (κ3) is 4.39. The van der Waals surface area contributed by atoms with Crippen molar-refractivity contribution in [1.82, 2.24) is 4.72 Å². The Labute approximate surface area is 122 Å². The Hall–Kier alpha value is -1.68. The van der Waals surface area contributed by atoms with Crippen molar-refractivity contribution in [1.29, 1.82) is 0 Å². The van der Waals surface area contributed by atoms with Crippen molar-refractivity contribution in [3.05, 3.63) is 23.8 Å². The zero-order valence-electron chi connectivity index (χ0n) is 11.7. The van der Waals surface area contributed by atoms with E-state index in [4.69, 9.17) is 10.8 Å². The van der Waals surface area contributed by atoms with Gasteiger partial charge in [-0.25, -0.2) is 17.9 Å². The van der Waals surface area contributed by atoms with E-state index in [1.54, 1.807) is 0 Å². The Morgan fingerprint density at radius 3 is 2.62 bits per heavy atom. The van der Waals surface area contributed by atoms with Crippen LogP contribution in [0.15, 0.2) is 23.1 Å². The predicted octanol–water partition coefficient (Wildman–Crippen LogP) is -0.923. The molecule has 0 fully saturated rings. The van der Waals surface area contributed by atoms with Crippen molar-refractivity contribution < 1.29 is 28.2 Å². The van der Waals surface area contributed by atoms with E-state index < -0.39 is 34.7 Å². The lowest BCUT2D eigenvalue weighted by atomic mass is 10.1. The van der Waals surface area contributed by atoms with Crippen LogP contribution in [0.25, 0.3) is 0 Å². The molecule has 0 spiro atoms. The number of nitrogen functional groups attached to an aromatic ring is 1. The van der Waals surface area contributed by atoms with Crippen LogP contribution < -0.4 is 10.5 Å². The molecule has 1 unspecified atom stereocenters. The van der Waals surface area contributed by atoms with Crippen molar-refractivity contribution in [3.8, 4) is 0 Å². The van der Waals surface area contributed by atoms with Gasteiger partial charge in [0.2, 0.25) is 10.0 Å². The molecule has 0 saturated carbocycles. The minimum atomic E-state index is -4.11. The summed E-state index contributed by atoms with van der Waals surface area (Å²) in [6.45, 7) is 0.202. The highest BCUT2D eigenvalue weighted by molar-refractivity contribution is 7.89. The molecule has 118 valence electrons. The smallest absolute Gasteiger partial charge is 0.339 e. The summed E-state index contributed by atoms with van der Waals surface area (Å²) in [5.74, 6) is -0.829. The molecule has 8 nitrogen and oxygen atoms in total. The molecule has 0 aliphatic rings. The van der Waals surface area contributed by atoms with Gasteiger partial charge in [-0.1, -0.05) is 0 Å². The summed E-state index contributed by atoms with van der Waals surface area (Å²) in [6.07, 6.45) is 0. The van der Waals surface area contributed by atoms with E-state index in [0.29, 0.717) is 0 Å². The van der Waals surface area contributed by atoms with Crippen LogP contribution in [-0.4, -0.2) is 50.5 Å². The summed E-state index contributed by atoms with van der Waals surface area (Å²) >= 11 is 0. The van der Waals surface area contributed by atoms with Crippen molar-refractivity contribution in [2.24, 2.45) is 0 Å². The minimum Gasteiger partial charge on any atom is -0.465 e. The van der Waals surface area contributed by atoms with Gasteiger partial charge >= 0.3 is 5.97 Å². The van der Waals surface area contributed by atoms with Crippen LogP contribution in [0.2, 0.25) is 0 Å². The van der Waals surface area contributed by atoms with E-state index in [2.05, 4.69) is 9.46 Å². The summed E-state index contributed by atoms with van der Waals surface area (Å²) in [7, 11) is -2.99. The van der Waals surface area contributed by atoms with E-state index >= 15 is 0 Å². The molecular weight excluding hydrogens is 300 g/mol. The van der Waals surface area contributed by atoms with Gasteiger partial charge in [0.25, 0.3) is 0 Å². The maximum absolute atomic E-state index is 12.2. The first-order valence-electron chi connectivity index (χ1n) is 5.94. The number of hydrogen-bond acceptors (Lipinski definition) is 7. The van der Waals surface area contributed by atoms with Gasteiger partial charge in [0.15, 0.2) is 0 Å². The standard InChI is InChI=1S/C12H18N2O6S/c1-12(17,7-15)6-14-21(18,19)10-5-8(13)3-4-9(10)11(16)20-2/h3-5,14-15,17H,6-7,13H2,1-2H3. The highest BCUT2D eigenvalue weighted by Gasteiger charge is 2.27. The lowest BCUT2D eigenvalue weighted by Crippen LogP contribution is -2.43. The molecule has 1 aromatic rings. The van der Waals surface area contributed by atoms with Crippen LogP contribution >= 0.6 is 0 Å². The molecule has 0 aromatic heterocycles. The molecule has 0 aliphatic heterocycles. The number of esters is 1. The quantitative estimate of drug-likeness (QED) is 0.393. The Balaban J connectivity index is 3.19. The van der Waals surface area contributed by atoms with Crippen LogP contribution in [0, 0.1) is 0 Å². The number of benzene rings is 1. The predicted molar refractivity (Wildman–Crippen MR) is 75.1 cm³/mol. The first kappa shape index (κ1) is 17.4. The molecular formula is C12H18N2O6S. The molecule has 0 radical (unpaired) electrons. The number of sulfonamides is 1. The summed E-state index contributed by atoms with van der Waals surface area (Å²) in [6, 6.07) is 3.72. The third-order valence-corrected chi connectivity index (χ3v) is 4.13. The van der Waals surface area contributed by atoms with Gasteiger partial charge in [-0.15, -0.1) is 0 Å². The lowest BCUT2D eigenvalue weighted by Gasteiger charge is -2.21. The first-order chi connectivity index (χ1) is 9.63. The summed E-state index contributed by atoms with van der Waals surface area (Å²) in [5.41, 5.74) is 3.89. The number of methoxy groups -OCH3 is 1. The van der Waals surface area contributed by atoms with Crippen LogP contribution in [0.5, 0.6) is 0 Å². The topological polar surface area (TPSA) is 139 Å². The number of rotatable bonds is 6. The average molecular weight is 318 g/mol. The zero-order chi connectivity index (χ0) is 16.3. The van der Waals surface area contributed by atoms with E-state index in [9.17, 15) is 18.3 Å². The van der Waals surface area contributed by atoms with Gasteiger partial charge < -0.3 is 20.7 Å². The largest absolute Gasteiger partial charge is 0.465 e. The van der Waals surface area contributed by atoms with E-state index in [1.807, 2.05) is 0 Å². The van der Waals surface area contributed by atoms with Crippen molar-refractivity contribution in [3.63, 3.8) is 0 Å². The summed E-state index contributed by atoms with van der Waals surface area (Å²) < 4.78 is 31.1. The van der Waals surface area contributed by atoms with Gasteiger partial charge in [-0.3, -0.25) is 0 Å². The van der Waals surface area contributed by atoms with Crippen molar-refractivity contribution in [2.75, 3.05) is 26.0 Å². The van der Waals surface area contributed by atoms with Gasteiger partial charge in [0.1, 0.15) is 0 Å². The highest BCUT2D eigenvalue weighted by Crippen LogP contribution is 2.20. The zero-order valence-corrected chi connectivity index (χ0v) is 12.5. The molecule has 0 heterocycles. The van der Waals surface area contributed by atoms with E-state index in [0.717, 1.165) is 13.2 Å². The molecule has 0 bridgehead atoms. The number of carbonyl (C=O) groups is 1. The fraction of sp³-hybridized carbons (Fsp3) is 0.417.